The molecule has 8 heteroatoms. The van der Waals surface area contributed by atoms with E-state index in [1.54, 1.807) is 12.1 Å². The molecule has 1 heterocycles. The fourth-order valence-corrected chi connectivity index (χ4v) is 4.41. The van der Waals surface area contributed by atoms with Crippen LogP contribution in [0.2, 0.25) is 0 Å². The number of nitrogens with one attached hydrogen (secondary N) is 1. The lowest BCUT2D eigenvalue weighted by molar-refractivity contribution is -0.192. The molecule has 0 spiro atoms. The first-order chi connectivity index (χ1) is 14.8. The third-order valence-corrected chi connectivity index (χ3v) is 5.94. The Balaban J connectivity index is 1.59. The van der Waals surface area contributed by atoms with E-state index in [9.17, 15) is 22.8 Å². The number of piperidine rings is 1. The first kappa shape index (κ1) is 21.4. The second-order valence-electron chi connectivity index (χ2n) is 7.99. The van der Waals surface area contributed by atoms with Crippen molar-refractivity contribution in [1.82, 2.24) is 5.32 Å². The van der Waals surface area contributed by atoms with Crippen LogP contribution in [0, 0.1) is 0 Å². The predicted molar refractivity (Wildman–Crippen MR) is 109 cm³/mol. The lowest BCUT2D eigenvalue weighted by atomic mass is 9.91. The number of hydrogen-bond acceptors (Lipinski definition) is 4. The summed E-state index contributed by atoms with van der Waals surface area (Å²) in [7, 11) is 0. The van der Waals surface area contributed by atoms with Crippen molar-refractivity contribution in [2.24, 2.45) is 0 Å². The van der Waals surface area contributed by atoms with Gasteiger partial charge in [0.05, 0.1) is 0 Å². The highest BCUT2D eigenvalue weighted by Crippen LogP contribution is 2.32. The Morgan fingerprint density at radius 3 is 2.19 bits per heavy atom. The van der Waals surface area contributed by atoms with E-state index < -0.39 is 24.3 Å². The standard InChI is InChI=1S/C23H23F3N2O3/c24-23(25,26)21(29)31-22(30)28(20-12-16-4-1-2-5-17(16)13-20)19-9-7-15(8-10-19)18-6-3-11-27-14-18/h1-2,4-5,7-10,18,20,27H,3,6,11-14H2/t18-/m1/s1. The monoisotopic (exact) mass is 432 g/mol. The summed E-state index contributed by atoms with van der Waals surface area (Å²) in [4.78, 5) is 25.2. The van der Waals surface area contributed by atoms with E-state index >= 15 is 0 Å². The minimum Gasteiger partial charge on any atom is -0.369 e. The summed E-state index contributed by atoms with van der Waals surface area (Å²) in [6, 6.07) is 14.4. The van der Waals surface area contributed by atoms with Gasteiger partial charge in [-0.25, -0.2) is 9.59 Å². The zero-order valence-electron chi connectivity index (χ0n) is 16.8. The van der Waals surface area contributed by atoms with Crippen molar-refractivity contribution in [3.63, 3.8) is 0 Å². The predicted octanol–water partition coefficient (Wildman–Crippen LogP) is 4.35. The molecular formula is C23H23F3N2O3. The minimum absolute atomic E-state index is 0.353. The molecule has 1 fully saturated rings. The summed E-state index contributed by atoms with van der Waals surface area (Å²) in [6.07, 6.45) is -3.48. The van der Waals surface area contributed by atoms with E-state index in [4.69, 9.17) is 0 Å². The number of benzene rings is 2. The normalized spacial score (nSPS) is 19.0. The van der Waals surface area contributed by atoms with Crippen molar-refractivity contribution in [3.05, 3.63) is 65.2 Å². The van der Waals surface area contributed by atoms with Gasteiger partial charge in [0, 0.05) is 18.3 Å². The lowest BCUT2D eigenvalue weighted by Crippen LogP contribution is -2.44. The van der Waals surface area contributed by atoms with Crippen molar-refractivity contribution in [2.75, 3.05) is 18.0 Å². The van der Waals surface area contributed by atoms with Crippen LogP contribution in [-0.4, -0.2) is 37.4 Å². The van der Waals surface area contributed by atoms with Gasteiger partial charge in [0.25, 0.3) is 0 Å². The highest BCUT2D eigenvalue weighted by Gasteiger charge is 2.44. The largest absolute Gasteiger partial charge is 0.491 e. The number of fused-ring (bicyclic) bond motifs is 1. The van der Waals surface area contributed by atoms with Crippen LogP contribution in [0.15, 0.2) is 48.5 Å². The first-order valence-electron chi connectivity index (χ1n) is 10.3. The second-order valence-corrected chi connectivity index (χ2v) is 7.99. The highest BCUT2D eigenvalue weighted by atomic mass is 19.4. The number of rotatable bonds is 3. The van der Waals surface area contributed by atoms with Crippen LogP contribution in [0.3, 0.4) is 0 Å². The molecule has 0 bridgehead atoms. The quantitative estimate of drug-likeness (QED) is 0.579. The smallest absolute Gasteiger partial charge is 0.369 e. The average Bonchev–Trinajstić information content (AvgIpc) is 3.18. The van der Waals surface area contributed by atoms with Crippen LogP contribution in [-0.2, 0) is 22.4 Å². The molecule has 0 saturated carbocycles. The summed E-state index contributed by atoms with van der Waals surface area (Å²) in [5, 5.41) is 3.35. The zero-order chi connectivity index (χ0) is 22.0. The third-order valence-electron chi connectivity index (χ3n) is 5.94. The van der Waals surface area contributed by atoms with Gasteiger partial charge in [0.15, 0.2) is 0 Å². The maximum Gasteiger partial charge on any atom is 0.491 e. The fourth-order valence-electron chi connectivity index (χ4n) is 4.41. The second kappa shape index (κ2) is 8.70. The fraction of sp³-hybridized carbons (Fsp3) is 0.391. The number of carbonyl (C=O) groups is 2. The topological polar surface area (TPSA) is 58.6 Å². The summed E-state index contributed by atoms with van der Waals surface area (Å²) in [6.45, 7) is 1.85. The molecular weight excluding hydrogens is 409 g/mol. The van der Waals surface area contributed by atoms with Gasteiger partial charge in [-0.1, -0.05) is 36.4 Å². The molecule has 2 aromatic carbocycles. The van der Waals surface area contributed by atoms with Gasteiger partial charge in [0.1, 0.15) is 0 Å². The van der Waals surface area contributed by atoms with Gasteiger partial charge in [0.2, 0.25) is 0 Å². The van der Waals surface area contributed by atoms with Gasteiger partial charge in [-0.3, -0.25) is 4.90 Å². The van der Waals surface area contributed by atoms with Crippen molar-refractivity contribution in [3.8, 4) is 0 Å². The summed E-state index contributed by atoms with van der Waals surface area (Å²) >= 11 is 0. The molecule has 1 amide bonds. The Morgan fingerprint density at radius 1 is 1.00 bits per heavy atom. The zero-order valence-corrected chi connectivity index (χ0v) is 16.8. The lowest BCUT2D eigenvalue weighted by Gasteiger charge is -2.29. The van der Waals surface area contributed by atoms with Crippen molar-refractivity contribution < 1.29 is 27.5 Å². The van der Waals surface area contributed by atoms with Crippen molar-refractivity contribution in [2.45, 2.75) is 43.8 Å². The van der Waals surface area contributed by atoms with Gasteiger partial charge >= 0.3 is 18.2 Å². The molecule has 2 aromatic rings. The van der Waals surface area contributed by atoms with Crippen LogP contribution in [0.1, 0.15) is 35.4 Å². The number of esters is 1. The molecule has 1 N–H and O–H groups in total. The molecule has 0 aromatic heterocycles. The SMILES string of the molecule is O=C(OC(=O)C(F)(F)F)N(c1ccc([C@@H]2CCCNC2)cc1)C1Cc2ccccc2C1. The maximum absolute atomic E-state index is 12.7. The third kappa shape index (κ3) is 4.74. The van der Waals surface area contributed by atoms with Crippen molar-refractivity contribution in [1.29, 1.82) is 0 Å². The van der Waals surface area contributed by atoms with E-state index in [-0.39, 0.29) is 0 Å². The Morgan fingerprint density at radius 2 is 1.65 bits per heavy atom. The molecule has 1 atom stereocenters. The van der Waals surface area contributed by atoms with E-state index in [0.717, 1.165) is 42.6 Å². The average molecular weight is 432 g/mol. The first-order valence-corrected chi connectivity index (χ1v) is 10.3. The van der Waals surface area contributed by atoms with Gasteiger partial charge < -0.3 is 10.1 Å². The number of alkyl halides is 3. The van der Waals surface area contributed by atoms with Gasteiger partial charge in [-0.2, -0.15) is 13.2 Å². The Hall–Kier alpha value is -2.87. The number of carbonyl (C=O) groups excluding carboxylic acids is 2. The molecule has 31 heavy (non-hydrogen) atoms. The van der Waals surface area contributed by atoms with Crippen LogP contribution >= 0.6 is 0 Å². The Kier molecular flexibility index (Phi) is 6.00. The molecule has 164 valence electrons. The minimum atomic E-state index is -5.24. The van der Waals surface area contributed by atoms with E-state index in [2.05, 4.69) is 10.1 Å². The summed E-state index contributed by atoms with van der Waals surface area (Å²) < 4.78 is 42.2. The van der Waals surface area contributed by atoms with Crippen LogP contribution < -0.4 is 10.2 Å². The van der Waals surface area contributed by atoms with Gasteiger partial charge in [-0.15, -0.1) is 0 Å². The van der Waals surface area contributed by atoms with Crippen LogP contribution in [0.25, 0.3) is 0 Å². The van der Waals surface area contributed by atoms with E-state index in [1.807, 2.05) is 36.4 Å². The molecule has 0 unspecified atom stereocenters. The molecule has 1 saturated heterocycles. The molecule has 1 aliphatic heterocycles. The van der Waals surface area contributed by atoms with Gasteiger partial charge in [-0.05, 0) is 67.0 Å². The summed E-state index contributed by atoms with van der Waals surface area (Å²) in [5.41, 5.74) is 3.56. The number of amides is 1. The molecule has 5 nitrogen and oxygen atoms in total. The number of halogens is 3. The molecule has 1 aliphatic carbocycles. The number of ether oxygens (including phenoxy) is 1. The highest BCUT2D eigenvalue weighted by molar-refractivity contribution is 5.97. The van der Waals surface area contributed by atoms with E-state index in [1.165, 1.54) is 4.90 Å². The Labute approximate surface area is 178 Å². The maximum atomic E-state index is 12.7. The molecule has 2 aliphatic rings. The Bertz CT molecular complexity index is 928. The van der Waals surface area contributed by atoms with E-state index in [0.29, 0.717) is 24.4 Å². The summed E-state index contributed by atoms with van der Waals surface area (Å²) in [5.74, 6) is -2.16. The van der Waals surface area contributed by atoms with Crippen LogP contribution in [0.4, 0.5) is 23.7 Å². The molecule has 4 rings (SSSR count). The number of anilines is 1. The van der Waals surface area contributed by atoms with Crippen molar-refractivity contribution >= 4 is 17.7 Å². The van der Waals surface area contributed by atoms with Crippen LogP contribution in [0.5, 0.6) is 0 Å². The number of nitrogens with zero attached hydrogens (tertiary/aromatic N) is 1. The number of hydrogen-bond donors (Lipinski definition) is 1. The molecule has 0 radical (unpaired) electrons.